The molecule has 0 bridgehead atoms. The van der Waals surface area contributed by atoms with Crippen molar-refractivity contribution >= 4 is 17.3 Å². The monoisotopic (exact) mass is 380 g/mol. The van der Waals surface area contributed by atoms with Crippen LogP contribution in [0.3, 0.4) is 0 Å². The number of pyridine rings is 1. The van der Waals surface area contributed by atoms with Gasteiger partial charge in [-0.1, -0.05) is 6.07 Å². The van der Waals surface area contributed by atoms with Crippen molar-refractivity contribution in [2.75, 3.05) is 6.54 Å². The van der Waals surface area contributed by atoms with Crippen molar-refractivity contribution in [1.82, 2.24) is 19.8 Å². The predicted octanol–water partition coefficient (Wildman–Crippen LogP) is 4.13. The van der Waals surface area contributed by atoms with E-state index in [4.69, 9.17) is 16.6 Å². The van der Waals surface area contributed by atoms with Crippen molar-refractivity contribution in [2.45, 2.75) is 39.4 Å². The largest absolute Gasteiger partial charge is 0.467 e. The van der Waals surface area contributed by atoms with Gasteiger partial charge in [0.05, 0.1) is 30.6 Å². The normalized spacial score (nSPS) is 19.5. The van der Waals surface area contributed by atoms with Gasteiger partial charge in [0.25, 0.3) is 0 Å². The molecule has 5 nitrogen and oxygen atoms in total. The second-order valence-electron chi connectivity index (χ2n) is 6.90. The van der Waals surface area contributed by atoms with Crippen molar-refractivity contribution in [3.8, 4) is 0 Å². The molecular weight excluding hydrogens is 356 g/mol. The van der Waals surface area contributed by atoms with Crippen molar-refractivity contribution in [3.63, 3.8) is 0 Å². The lowest BCUT2D eigenvalue weighted by atomic mass is 9.97. The maximum absolute atomic E-state index is 5.64. The minimum absolute atomic E-state index is 0.0382. The van der Waals surface area contributed by atoms with Gasteiger partial charge in [0.15, 0.2) is 5.11 Å². The first kappa shape index (κ1) is 17.8. The van der Waals surface area contributed by atoms with Gasteiger partial charge in [0.2, 0.25) is 0 Å². The second kappa shape index (κ2) is 7.19. The molecule has 27 heavy (non-hydrogen) atoms. The molecule has 4 heterocycles. The Labute approximate surface area is 165 Å². The standard InChI is InChI=1S/C21H24N4OS/c1-4-24-20(19(23-21(24)27)18-9-5-6-10-22-18)17-12-14(2)25(15(17)3)13-16-8-7-11-26-16/h5-12,19-20H,4,13H2,1-3H3,(H,23,27)/t19-,20-/m1/s1. The average Bonchev–Trinajstić information content (AvgIpc) is 3.37. The molecule has 0 aromatic carbocycles. The van der Waals surface area contributed by atoms with Crippen LogP contribution in [0.15, 0.2) is 53.3 Å². The van der Waals surface area contributed by atoms with Gasteiger partial charge in [-0.15, -0.1) is 0 Å². The van der Waals surface area contributed by atoms with Crippen LogP contribution in [-0.2, 0) is 6.54 Å². The molecule has 0 spiro atoms. The Morgan fingerprint density at radius 2 is 2.07 bits per heavy atom. The Kier molecular flexibility index (Phi) is 4.74. The van der Waals surface area contributed by atoms with Gasteiger partial charge >= 0.3 is 0 Å². The van der Waals surface area contributed by atoms with E-state index in [1.54, 1.807) is 6.26 Å². The molecular formula is C21H24N4OS. The Bertz CT molecular complexity index is 933. The molecule has 0 amide bonds. The molecule has 3 aromatic heterocycles. The van der Waals surface area contributed by atoms with Gasteiger partial charge in [0, 0.05) is 24.1 Å². The Balaban J connectivity index is 1.76. The summed E-state index contributed by atoms with van der Waals surface area (Å²) in [6.45, 7) is 8.04. The van der Waals surface area contributed by atoms with Crippen LogP contribution < -0.4 is 5.32 Å². The molecule has 1 aliphatic rings. The van der Waals surface area contributed by atoms with Gasteiger partial charge in [-0.2, -0.15) is 0 Å². The third-order valence-electron chi connectivity index (χ3n) is 5.36. The van der Waals surface area contributed by atoms with Crippen LogP contribution >= 0.6 is 12.2 Å². The molecule has 1 fully saturated rings. The molecule has 1 saturated heterocycles. The smallest absolute Gasteiger partial charge is 0.170 e. The Morgan fingerprint density at radius 1 is 1.22 bits per heavy atom. The third-order valence-corrected chi connectivity index (χ3v) is 5.72. The number of thiocarbonyl (C=S) groups is 1. The molecule has 2 atom stereocenters. The zero-order valence-electron chi connectivity index (χ0n) is 15.8. The van der Waals surface area contributed by atoms with Gasteiger partial charge in [-0.05, 0) is 68.9 Å². The maximum atomic E-state index is 5.64. The molecule has 4 rings (SSSR count). The van der Waals surface area contributed by atoms with E-state index in [0.29, 0.717) is 0 Å². The highest BCUT2D eigenvalue weighted by atomic mass is 32.1. The number of rotatable bonds is 5. The number of furan rings is 1. The summed E-state index contributed by atoms with van der Waals surface area (Å²) in [5.74, 6) is 0.956. The summed E-state index contributed by atoms with van der Waals surface area (Å²) >= 11 is 5.64. The number of likely N-dealkylation sites (N-methyl/N-ethyl adjacent to an activating group) is 1. The second-order valence-corrected chi connectivity index (χ2v) is 7.29. The minimum atomic E-state index is 0.0382. The van der Waals surface area contributed by atoms with Crippen molar-refractivity contribution < 1.29 is 4.42 Å². The highest BCUT2D eigenvalue weighted by Gasteiger charge is 2.40. The fourth-order valence-corrected chi connectivity index (χ4v) is 4.38. The lowest BCUT2D eigenvalue weighted by molar-refractivity contribution is 0.329. The molecule has 3 aromatic rings. The van der Waals surface area contributed by atoms with Crippen LogP contribution in [0.25, 0.3) is 0 Å². The predicted molar refractivity (Wildman–Crippen MR) is 110 cm³/mol. The third kappa shape index (κ3) is 3.14. The summed E-state index contributed by atoms with van der Waals surface area (Å²) in [4.78, 5) is 6.85. The zero-order chi connectivity index (χ0) is 19.0. The van der Waals surface area contributed by atoms with Gasteiger partial charge in [0.1, 0.15) is 5.76 Å². The van der Waals surface area contributed by atoms with Crippen molar-refractivity contribution in [1.29, 1.82) is 0 Å². The molecule has 0 aliphatic carbocycles. The lowest BCUT2D eigenvalue weighted by Crippen LogP contribution is -2.29. The molecule has 0 unspecified atom stereocenters. The maximum Gasteiger partial charge on any atom is 0.170 e. The number of aryl methyl sites for hydroxylation is 1. The van der Waals surface area contributed by atoms with Gasteiger partial charge in [-0.3, -0.25) is 4.98 Å². The van der Waals surface area contributed by atoms with E-state index < -0.39 is 0 Å². The van der Waals surface area contributed by atoms with E-state index in [1.165, 1.54) is 17.0 Å². The number of hydrogen-bond donors (Lipinski definition) is 1. The molecule has 140 valence electrons. The Morgan fingerprint density at radius 3 is 2.74 bits per heavy atom. The van der Waals surface area contributed by atoms with Crippen LogP contribution in [0.1, 0.15) is 47.4 Å². The fourth-order valence-electron chi connectivity index (χ4n) is 4.01. The van der Waals surface area contributed by atoms with E-state index in [9.17, 15) is 0 Å². The Hall–Kier alpha value is -2.60. The molecule has 1 aliphatic heterocycles. The van der Waals surface area contributed by atoms with E-state index in [-0.39, 0.29) is 12.1 Å². The highest BCUT2D eigenvalue weighted by Crippen LogP contribution is 2.40. The molecule has 1 N–H and O–H groups in total. The zero-order valence-corrected chi connectivity index (χ0v) is 16.7. The molecule has 0 radical (unpaired) electrons. The fraction of sp³-hybridized carbons (Fsp3) is 0.333. The lowest BCUT2D eigenvalue weighted by Gasteiger charge is -2.27. The molecule has 6 heteroatoms. The number of aromatic nitrogens is 2. The summed E-state index contributed by atoms with van der Waals surface area (Å²) in [5, 5.41) is 4.27. The van der Waals surface area contributed by atoms with Crippen molar-refractivity contribution in [3.05, 3.63) is 77.3 Å². The number of hydrogen-bond acceptors (Lipinski definition) is 3. The summed E-state index contributed by atoms with van der Waals surface area (Å²) < 4.78 is 7.86. The van der Waals surface area contributed by atoms with Crippen LogP contribution in [-0.4, -0.2) is 26.1 Å². The first-order chi connectivity index (χ1) is 13.1. The van der Waals surface area contributed by atoms with Crippen LogP contribution in [0, 0.1) is 13.8 Å². The number of nitrogens with one attached hydrogen (secondary N) is 1. The van der Waals surface area contributed by atoms with Crippen LogP contribution in [0.5, 0.6) is 0 Å². The van der Waals surface area contributed by atoms with E-state index in [0.717, 1.165) is 29.7 Å². The SMILES string of the molecule is CCN1C(=S)N[C@H](c2ccccn2)[C@H]1c1cc(C)n(Cc2ccco2)c1C. The molecule has 0 saturated carbocycles. The minimum Gasteiger partial charge on any atom is -0.467 e. The first-order valence-electron chi connectivity index (χ1n) is 9.27. The van der Waals surface area contributed by atoms with E-state index in [2.05, 4.69) is 52.7 Å². The van der Waals surface area contributed by atoms with Crippen LogP contribution in [0.2, 0.25) is 0 Å². The van der Waals surface area contributed by atoms with Gasteiger partial charge < -0.3 is 19.2 Å². The van der Waals surface area contributed by atoms with Gasteiger partial charge in [-0.25, -0.2) is 0 Å². The van der Waals surface area contributed by atoms with E-state index >= 15 is 0 Å². The van der Waals surface area contributed by atoms with E-state index in [1.807, 2.05) is 30.5 Å². The summed E-state index contributed by atoms with van der Waals surface area (Å²) in [6.07, 6.45) is 3.56. The highest BCUT2D eigenvalue weighted by molar-refractivity contribution is 7.80. The topological polar surface area (TPSA) is 46.2 Å². The van der Waals surface area contributed by atoms with Crippen molar-refractivity contribution in [2.24, 2.45) is 0 Å². The first-order valence-corrected chi connectivity index (χ1v) is 9.68. The number of nitrogens with zero attached hydrogens (tertiary/aromatic N) is 3. The summed E-state index contributed by atoms with van der Waals surface area (Å²) in [5.41, 5.74) is 4.74. The summed E-state index contributed by atoms with van der Waals surface area (Å²) in [6, 6.07) is 12.4. The van der Waals surface area contributed by atoms with Crippen LogP contribution in [0.4, 0.5) is 0 Å². The average molecular weight is 381 g/mol. The summed E-state index contributed by atoms with van der Waals surface area (Å²) in [7, 11) is 0. The quantitative estimate of drug-likeness (QED) is 0.674.